The minimum atomic E-state index is 0.374. The van der Waals surface area contributed by atoms with Gasteiger partial charge in [-0.25, -0.2) is 0 Å². The van der Waals surface area contributed by atoms with Crippen molar-refractivity contribution >= 4 is 40.2 Å². The fraction of sp³-hybridized carbons (Fsp3) is 0.286. The van der Waals surface area contributed by atoms with Crippen molar-refractivity contribution in [3.05, 3.63) is 50.1 Å². The molecule has 0 amide bonds. The third-order valence-corrected chi connectivity index (χ3v) is 4.86. The molecule has 2 aromatic rings. The predicted molar refractivity (Wildman–Crippen MR) is 80.1 cm³/mol. The van der Waals surface area contributed by atoms with Crippen molar-refractivity contribution in [1.29, 1.82) is 0 Å². The number of halogens is 2. The van der Waals surface area contributed by atoms with Gasteiger partial charge in [-0.2, -0.15) is 0 Å². The SMILES string of the molecule is Clc1ccc(NC2CCCc3sc(Cl)cc32)cc1. The second kappa shape index (κ2) is 5.12. The Balaban J connectivity index is 1.83. The van der Waals surface area contributed by atoms with E-state index in [2.05, 4.69) is 11.4 Å². The van der Waals surface area contributed by atoms with Gasteiger partial charge >= 0.3 is 0 Å². The van der Waals surface area contributed by atoms with Crippen LogP contribution in [-0.2, 0) is 6.42 Å². The monoisotopic (exact) mass is 297 g/mol. The van der Waals surface area contributed by atoms with Gasteiger partial charge in [0.05, 0.1) is 10.4 Å². The zero-order valence-corrected chi connectivity index (χ0v) is 12.1. The van der Waals surface area contributed by atoms with Crippen LogP contribution in [0.15, 0.2) is 30.3 Å². The maximum absolute atomic E-state index is 6.11. The van der Waals surface area contributed by atoms with Gasteiger partial charge in [-0.15, -0.1) is 11.3 Å². The summed E-state index contributed by atoms with van der Waals surface area (Å²) in [6.45, 7) is 0. The summed E-state index contributed by atoms with van der Waals surface area (Å²) in [5.74, 6) is 0. The van der Waals surface area contributed by atoms with Crippen LogP contribution >= 0.6 is 34.5 Å². The van der Waals surface area contributed by atoms with E-state index in [-0.39, 0.29) is 0 Å². The highest BCUT2D eigenvalue weighted by Gasteiger charge is 2.22. The van der Waals surface area contributed by atoms with E-state index in [1.807, 2.05) is 24.3 Å². The summed E-state index contributed by atoms with van der Waals surface area (Å²) >= 11 is 13.7. The van der Waals surface area contributed by atoms with Crippen LogP contribution in [0.25, 0.3) is 0 Å². The van der Waals surface area contributed by atoms with Crippen LogP contribution in [0.5, 0.6) is 0 Å². The van der Waals surface area contributed by atoms with Crippen molar-refractivity contribution in [1.82, 2.24) is 0 Å². The van der Waals surface area contributed by atoms with Gasteiger partial charge in [0, 0.05) is 15.6 Å². The van der Waals surface area contributed by atoms with Gasteiger partial charge in [0.15, 0.2) is 0 Å². The third-order valence-electron chi connectivity index (χ3n) is 3.27. The quantitative estimate of drug-likeness (QED) is 0.767. The average Bonchev–Trinajstić information content (AvgIpc) is 2.73. The molecular weight excluding hydrogens is 285 g/mol. The lowest BCUT2D eigenvalue weighted by Gasteiger charge is -2.24. The Labute approximate surface area is 121 Å². The van der Waals surface area contributed by atoms with Crippen molar-refractivity contribution in [2.45, 2.75) is 25.3 Å². The van der Waals surface area contributed by atoms with E-state index >= 15 is 0 Å². The number of fused-ring (bicyclic) bond motifs is 1. The molecule has 1 aromatic carbocycles. The molecule has 1 aromatic heterocycles. The van der Waals surface area contributed by atoms with E-state index in [1.165, 1.54) is 16.9 Å². The topological polar surface area (TPSA) is 12.0 Å². The fourth-order valence-electron chi connectivity index (χ4n) is 2.42. The molecule has 1 heterocycles. The number of hydrogen-bond acceptors (Lipinski definition) is 2. The molecule has 1 nitrogen and oxygen atoms in total. The largest absolute Gasteiger partial charge is 0.378 e. The molecule has 3 rings (SSSR count). The normalized spacial score (nSPS) is 18.4. The lowest BCUT2D eigenvalue weighted by Crippen LogP contribution is -2.15. The van der Waals surface area contributed by atoms with Gasteiger partial charge in [-0.1, -0.05) is 23.2 Å². The second-order valence-corrected chi connectivity index (χ2v) is 6.73. The minimum Gasteiger partial charge on any atom is -0.378 e. The fourth-order valence-corrected chi connectivity index (χ4v) is 3.93. The standard InChI is InChI=1S/C14H13Cl2NS/c15-9-4-6-10(7-5-9)17-12-2-1-3-13-11(12)8-14(16)18-13/h4-8,12,17H,1-3H2. The Morgan fingerprint density at radius 1 is 1.17 bits per heavy atom. The molecule has 0 bridgehead atoms. The molecule has 4 heteroatoms. The van der Waals surface area contributed by atoms with Crippen LogP contribution in [0, 0.1) is 0 Å². The summed E-state index contributed by atoms with van der Waals surface area (Å²) in [7, 11) is 0. The van der Waals surface area contributed by atoms with Gasteiger partial charge in [-0.05, 0) is 55.2 Å². The summed E-state index contributed by atoms with van der Waals surface area (Å²) in [4.78, 5) is 1.43. The first-order valence-corrected chi connectivity index (χ1v) is 7.60. The smallest absolute Gasteiger partial charge is 0.0934 e. The zero-order chi connectivity index (χ0) is 12.5. The van der Waals surface area contributed by atoms with E-state index in [0.29, 0.717) is 6.04 Å². The molecule has 0 saturated heterocycles. The maximum Gasteiger partial charge on any atom is 0.0934 e. The maximum atomic E-state index is 6.11. The number of nitrogens with one attached hydrogen (secondary N) is 1. The first-order valence-electron chi connectivity index (χ1n) is 6.02. The molecule has 0 aliphatic heterocycles. The molecule has 0 saturated carbocycles. The molecule has 1 aliphatic carbocycles. The van der Waals surface area contributed by atoms with Crippen molar-refractivity contribution in [3.8, 4) is 0 Å². The molecule has 1 aliphatic rings. The van der Waals surface area contributed by atoms with Gasteiger partial charge in [0.1, 0.15) is 0 Å². The highest BCUT2D eigenvalue weighted by molar-refractivity contribution is 7.16. The first kappa shape index (κ1) is 12.3. The number of aryl methyl sites for hydroxylation is 1. The Kier molecular flexibility index (Phi) is 3.51. The molecule has 1 unspecified atom stereocenters. The number of rotatable bonds is 2. The van der Waals surface area contributed by atoms with E-state index in [4.69, 9.17) is 23.2 Å². The Hall–Kier alpha value is -0.700. The number of hydrogen-bond donors (Lipinski definition) is 1. The Morgan fingerprint density at radius 3 is 2.72 bits per heavy atom. The van der Waals surface area contributed by atoms with Crippen molar-refractivity contribution in [2.24, 2.45) is 0 Å². The van der Waals surface area contributed by atoms with E-state index in [0.717, 1.165) is 27.9 Å². The molecule has 18 heavy (non-hydrogen) atoms. The molecule has 0 fully saturated rings. The number of anilines is 1. The molecule has 0 spiro atoms. The highest BCUT2D eigenvalue weighted by atomic mass is 35.5. The van der Waals surface area contributed by atoms with Crippen LogP contribution in [-0.4, -0.2) is 0 Å². The first-order chi connectivity index (χ1) is 8.72. The van der Waals surface area contributed by atoms with Gasteiger partial charge < -0.3 is 5.32 Å². The molecule has 1 N–H and O–H groups in total. The van der Waals surface area contributed by atoms with Gasteiger partial charge in [-0.3, -0.25) is 0 Å². The summed E-state index contributed by atoms with van der Waals surface area (Å²) in [5, 5.41) is 4.33. The van der Waals surface area contributed by atoms with Crippen LogP contribution in [0.1, 0.15) is 29.3 Å². The molecular formula is C14H13Cl2NS. The summed E-state index contributed by atoms with van der Waals surface area (Å²) in [6, 6.07) is 10.3. The summed E-state index contributed by atoms with van der Waals surface area (Å²) < 4.78 is 0.893. The molecule has 1 atom stereocenters. The number of thiophene rings is 1. The second-order valence-electron chi connectivity index (χ2n) is 4.53. The predicted octanol–water partition coefficient (Wildman–Crippen LogP) is 5.54. The van der Waals surface area contributed by atoms with E-state index < -0.39 is 0 Å². The van der Waals surface area contributed by atoms with Crippen LogP contribution in [0.4, 0.5) is 5.69 Å². The highest BCUT2D eigenvalue weighted by Crippen LogP contribution is 2.39. The minimum absolute atomic E-state index is 0.374. The van der Waals surface area contributed by atoms with Crippen LogP contribution in [0.2, 0.25) is 9.36 Å². The van der Waals surface area contributed by atoms with E-state index in [1.54, 1.807) is 11.3 Å². The lowest BCUT2D eigenvalue weighted by atomic mass is 9.94. The Bertz CT molecular complexity index is 547. The lowest BCUT2D eigenvalue weighted by molar-refractivity contribution is 0.609. The summed E-state index contributed by atoms with van der Waals surface area (Å²) in [5.41, 5.74) is 2.48. The van der Waals surface area contributed by atoms with Crippen LogP contribution in [0.3, 0.4) is 0 Å². The number of benzene rings is 1. The van der Waals surface area contributed by atoms with Gasteiger partial charge in [0.2, 0.25) is 0 Å². The molecule has 94 valence electrons. The Morgan fingerprint density at radius 2 is 1.94 bits per heavy atom. The van der Waals surface area contributed by atoms with Crippen molar-refractivity contribution < 1.29 is 0 Å². The van der Waals surface area contributed by atoms with Gasteiger partial charge in [0.25, 0.3) is 0 Å². The average molecular weight is 298 g/mol. The zero-order valence-electron chi connectivity index (χ0n) is 9.75. The summed E-state index contributed by atoms with van der Waals surface area (Å²) in [6.07, 6.45) is 3.53. The third kappa shape index (κ3) is 2.51. The molecule has 0 radical (unpaired) electrons. The van der Waals surface area contributed by atoms with Crippen molar-refractivity contribution in [2.75, 3.05) is 5.32 Å². The van der Waals surface area contributed by atoms with E-state index in [9.17, 15) is 0 Å². The van der Waals surface area contributed by atoms with Crippen LogP contribution < -0.4 is 5.32 Å². The van der Waals surface area contributed by atoms with Crippen molar-refractivity contribution in [3.63, 3.8) is 0 Å².